The van der Waals surface area contributed by atoms with Gasteiger partial charge in [-0.15, -0.1) is 0 Å². The number of amides is 1. The molecule has 1 amide bonds. The van der Waals surface area contributed by atoms with Gasteiger partial charge in [-0.05, 0) is 18.6 Å². The zero-order valence-electron chi connectivity index (χ0n) is 18.1. The number of carbonyl (C=O) groups excluding carboxylic acids is 1. The molecule has 0 atom stereocenters. The molecule has 1 aliphatic heterocycles. The van der Waals surface area contributed by atoms with Gasteiger partial charge >= 0.3 is 6.18 Å². The van der Waals surface area contributed by atoms with Gasteiger partial charge in [0.05, 0.1) is 17.4 Å². The lowest BCUT2D eigenvalue weighted by molar-refractivity contribution is -0.143. The normalized spacial score (nSPS) is 16.0. The quantitative estimate of drug-likeness (QED) is 0.646. The predicted molar refractivity (Wildman–Crippen MR) is 113 cm³/mol. The molecule has 0 aliphatic carbocycles. The Labute approximate surface area is 185 Å². The van der Waals surface area contributed by atoms with Gasteiger partial charge in [-0.2, -0.15) is 35.3 Å². The van der Waals surface area contributed by atoms with Crippen molar-refractivity contribution in [2.75, 3.05) is 39.3 Å². The van der Waals surface area contributed by atoms with E-state index >= 15 is 0 Å². The Morgan fingerprint density at radius 2 is 1.69 bits per heavy atom. The standard InChI is InChI=1S/C20H26F3N5O3S/c1-4-26(5-2)32(30,31)27-12-10-25(11-13-27)19(29)16-14-24-28(18(16)20(21,22)23)17-9-7-6-8-15(17)3/h6-9,14H,4-5,10-13H2,1-3H3. The third-order valence-electron chi connectivity index (χ3n) is 5.50. The van der Waals surface area contributed by atoms with E-state index in [1.54, 1.807) is 39.0 Å². The molecule has 0 N–H and O–H groups in total. The molecule has 1 aromatic heterocycles. The zero-order valence-corrected chi connectivity index (χ0v) is 18.9. The molecule has 0 unspecified atom stereocenters. The summed E-state index contributed by atoms with van der Waals surface area (Å²) in [6.07, 6.45) is -3.88. The van der Waals surface area contributed by atoms with Gasteiger partial charge in [0.1, 0.15) is 0 Å². The number of carbonyl (C=O) groups is 1. The molecule has 2 heterocycles. The number of aromatic nitrogens is 2. The zero-order chi connectivity index (χ0) is 23.7. The maximum absolute atomic E-state index is 13.9. The van der Waals surface area contributed by atoms with Gasteiger partial charge < -0.3 is 4.90 Å². The van der Waals surface area contributed by atoms with Gasteiger partial charge in [-0.1, -0.05) is 32.0 Å². The van der Waals surface area contributed by atoms with Gasteiger partial charge in [0.2, 0.25) is 0 Å². The van der Waals surface area contributed by atoms with E-state index in [9.17, 15) is 26.4 Å². The topological polar surface area (TPSA) is 78.8 Å². The van der Waals surface area contributed by atoms with Crippen LogP contribution >= 0.6 is 0 Å². The largest absolute Gasteiger partial charge is 0.434 e. The Kier molecular flexibility index (Phi) is 6.96. The van der Waals surface area contributed by atoms with Crippen molar-refractivity contribution in [1.82, 2.24) is 23.3 Å². The molecule has 12 heteroatoms. The third-order valence-corrected chi connectivity index (χ3v) is 7.68. The highest BCUT2D eigenvalue weighted by Crippen LogP contribution is 2.35. The molecule has 3 rings (SSSR count). The summed E-state index contributed by atoms with van der Waals surface area (Å²) < 4.78 is 70.5. The predicted octanol–water partition coefficient (Wildman–Crippen LogP) is 2.54. The molecule has 1 fully saturated rings. The molecule has 2 aromatic rings. The number of hydrogen-bond acceptors (Lipinski definition) is 4. The molecule has 0 radical (unpaired) electrons. The number of piperazine rings is 1. The number of para-hydroxylation sites is 1. The highest BCUT2D eigenvalue weighted by molar-refractivity contribution is 7.86. The molecule has 1 aliphatic rings. The Balaban J connectivity index is 1.86. The van der Waals surface area contributed by atoms with Gasteiger partial charge in [-0.3, -0.25) is 4.79 Å². The molecule has 8 nitrogen and oxygen atoms in total. The fraction of sp³-hybridized carbons (Fsp3) is 0.500. The van der Waals surface area contributed by atoms with Crippen molar-refractivity contribution in [3.8, 4) is 5.69 Å². The van der Waals surface area contributed by atoms with Crippen LogP contribution in [0.1, 0.15) is 35.5 Å². The third kappa shape index (κ3) is 4.52. The van der Waals surface area contributed by atoms with Crippen molar-refractivity contribution in [1.29, 1.82) is 0 Å². The minimum Gasteiger partial charge on any atom is -0.336 e. The number of rotatable bonds is 6. The van der Waals surface area contributed by atoms with E-state index in [1.165, 1.54) is 19.6 Å². The van der Waals surface area contributed by atoms with Gasteiger partial charge in [-0.25, -0.2) is 4.68 Å². The molecule has 1 aromatic carbocycles. The van der Waals surface area contributed by atoms with Gasteiger partial charge in [0.25, 0.3) is 16.1 Å². The summed E-state index contributed by atoms with van der Waals surface area (Å²) in [5.41, 5.74) is -0.889. The second-order valence-electron chi connectivity index (χ2n) is 7.39. The molecule has 0 spiro atoms. The Hall–Kier alpha value is -2.44. The summed E-state index contributed by atoms with van der Waals surface area (Å²) >= 11 is 0. The SMILES string of the molecule is CCN(CC)S(=O)(=O)N1CCN(C(=O)c2cnn(-c3ccccc3C)c2C(F)(F)F)CC1. The van der Waals surface area contributed by atoms with Crippen molar-refractivity contribution in [3.05, 3.63) is 47.3 Å². The Bertz CT molecular complexity index is 1070. The van der Waals surface area contributed by atoms with E-state index in [0.717, 1.165) is 10.9 Å². The number of aryl methyl sites for hydroxylation is 1. The fourth-order valence-electron chi connectivity index (χ4n) is 3.77. The summed E-state index contributed by atoms with van der Waals surface area (Å²) in [6, 6.07) is 6.46. The number of nitrogens with zero attached hydrogens (tertiary/aromatic N) is 5. The Morgan fingerprint density at radius 3 is 2.22 bits per heavy atom. The van der Waals surface area contributed by atoms with Gasteiger partial charge in [0.15, 0.2) is 5.69 Å². The molecular formula is C20H26F3N5O3S. The average Bonchev–Trinajstić information content (AvgIpc) is 3.20. The highest BCUT2D eigenvalue weighted by atomic mass is 32.2. The van der Waals surface area contributed by atoms with Crippen molar-refractivity contribution in [2.24, 2.45) is 0 Å². The minimum absolute atomic E-state index is 0.00776. The number of benzene rings is 1. The monoisotopic (exact) mass is 473 g/mol. The summed E-state index contributed by atoms with van der Waals surface area (Å²) in [4.78, 5) is 14.2. The van der Waals surface area contributed by atoms with Crippen LogP contribution in [0.5, 0.6) is 0 Å². The van der Waals surface area contributed by atoms with Crippen LogP contribution in [-0.2, 0) is 16.4 Å². The first kappa shape index (κ1) is 24.2. The fourth-order valence-corrected chi connectivity index (χ4v) is 5.37. The van der Waals surface area contributed by atoms with Crippen LogP contribution < -0.4 is 0 Å². The lowest BCUT2D eigenvalue weighted by Crippen LogP contribution is -2.54. The summed E-state index contributed by atoms with van der Waals surface area (Å²) in [5.74, 6) is -0.822. The van der Waals surface area contributed by atoms with Crippen LogP contribution in [0, 0.1) is 6.92 Å². The van der Waals surface area contributed by atoms with Crippen LogP contribution in [-0.4, -0.2) is 76.9 Å². The molecule has 0 saturated carbocycles. The smallest absolute Gasteiger partial charge is 0.336 e. The Morgan fingerprint density at radius 1 is 1.09 bits per heavy atom. The number of hydrogen-bond donors (Lipinski definition) is 0. The van der Waals surface area contributed by atoms with Crippen molar-refractivity contribution < 1.29 is 26.4 Å². The van der Waals surface area contributed by atoms with Gasteiger partial charge in [0, 0.05) is 39.3 Å². The maximum Gasteiger partial charge on any atom is 0.434 e. The molecule has 176 valence electrons. The first-order chi connectivity index (χ1) is 15.0. The van der Waals surface area contributed by atoms with Crippen molar-refractivity contribution >= 4 is 16.1 Å². The second kappa shape index (κ2) is 9.20. The van der Waals surface area contributed by atoms with Crippen molar-refractivity contribution in [3.63, 3.8) is 0 Å². The lowest BCUT2D eigenvalue weighted by Gasteiger charge is -2.36. The molecule has 1 saturated heterocycles. The number of alkyl halides is 3. The van der Waals surface area contributed by atoms with Crippen LogP contribution in [0.3, 0.4) is 0 Å². The minimum atomic E-state index is -4.81. The van der Waals surface area contributed by atoms with E-state index in [0.29, 0.717) is 18.7 Å². The van der Waals surface area contributed by atoms with Crippen molar-refractivity contribution in [2.45, 2.75) is 26.9 Å². The van der Waals surface area contributed by atoms with Crippen LogP contribution in [0.4, 0.5) is 13.2 Å². The average molecular weight is 474 g/mol. The molecule has 0 bridgehead atoms. The second-order valence-corrected chi connectivity index (χ2v) is 9.31. The number of halogens is 3. The van der Waals surface area contributed by atoms with E-state index in [-0.39, 0.29) is 31.9 Å². The van der Waals surface area contributed by atoms with E-state index in [2.05, 4.69) is 5.10 Å². The van der Waals surface area contributed by atoms with E-state index in [4.69, 9.17) is 0 Å². The van der Waals surface area contributed by atoms with E-state index < -0.39 is 33.6 Å². The summed E-state index contributed by atoms with van der Waals surface area (Å²) in [7, 11) is -3.67. The highest BCUT2D eigenvalue weighted by Gasteiger charge is 2.42. The molecular weight excluding hydrogens is 447 g/mol. The summed E-state index contributed by atoms with van der Waals surface area (Å²) in [5, 5.41) is 3.87. The van der Waals surface area contributed by atoms with Crippen LogP contribution in [0.25, 0.3) is 5.69 Å². The van der Waals surface area contributed by atoms with E-state index in [1.807, 2.05) is 0 Å². The lowest BCUT2D eigenvalue weighted by atomic mass is 10.1. The first-order valence-electron chi connectivity index (χ1n) is 10.3. The summed E-state index contributed by atoms with van der Waals surface area (Å²) in [6.45, 7) is 5.75. The van der Waals surface area contributed by atoms with Crippen LogP contribution in [0.2, 0.25) is 0 Å². The van der Waals surface area contributed by atoms with Crippen LogP contribution in [0.15, 0.2) is 30.5 Å². The first-order valence-corrected chi connectivity index (χ1v) is 11.7. The molecule has 32 heavy (non-hydrogen) atoms. The maximum atomic E-state index is 13.9.